The fourth-order valence-corrected chi connectivity index (χ4v) is 1.89. The number of anilines is 1. The number of fused-ring (bicyclic) bond motifs is 1. The van der Waals surface area contributed by atoms with E-state index in [9.17, 15) is 0 Å². The molecule has 0 bridgehead atoms. The van der Waals surface area contributed by atoms with Gasteiger partial charge in [0.05, 0.1) is 11.8 Å². The van der Waals surface area contributed by atoms with Crippen LogP contribution in [0.15, 0.2) is 41.0 Å². The first kappa shape index (κ1) is 10.1. The number of furan rings is 1. The van der Waals surface area contributed by atoms with Crippen LogP contribution in [0.3, 0.4) is 0 Å². The molecule has 3 aromatic rings. The molecular formula is C12H8ClN3O. The van der Waals surface area contributed by atoms with E-state index in [4.69, 9.17) is 21.8 Å². The molecule has 0 amide bonds. The summed E-state index contributed by atoms with van der Waals surface area (Å²) in [5.41, 5.74) is 7.73. The Balaban J connectivity index is 2.38. The molecule has 84 valence electrons. The average molecular weight is 246 g/mol. The molecule has 4 nitrogen and oxygen atoms in total. The highest BCUT2D eigenvalue weighted by Gasteiger charge is 2.11. The molecule has 2 heterocycles. The quantitative estimate of drug-likeness (QED) is 0.528. The predicted octanol–water partition coefficient (Wildman–Crippen LogP) is 3.13. The molecule has 0 aliphatic carbocycles. The van der Waals surface area contributed by atoms with E-state index in [2.05, 4.69) is 9.97 Å². The van der Waals surface area contributed by atoms with Gasteiger partial charge in [0, 0.05) is 11.1 Å². The lowest BCUT2D eigenvalue weighted by Crippen LogP contribution is -1.92. The Bertz CT molecular complexity index is 674. The number of nitrogens with zero attached hydrogens (tertiary/aromatic N) is 2. The second-order valence-electron chi connectivity index (χ2n) is 3.60. The Morgan fingerprint density at radius 3 is 2.82 bits per heavy atom. The van der Waals surface area contributed by atoms with E-state index in [1.165, 1.54) is 0 Å². The summed E-state index contributed by atoms with van der Waals surface area (Å²) < 4.78 is 5.33. The van der Waals surface area contributed by atoms with Crippen molar-refractivity contribution in [1.29, 1.82) is 0 Å². The molecule has 0 fully saturated rings. The van der Waals surface area contributed by atoms with Gasteiger partial charge in [-0.05, 0) is 41.9 Å². The normalized spacial score (nSPS) is 10.9. The fourth-order valence-electron chi connectivity index (χ4n) is 1.72. The van der Waals surface area contributed by atoms with Crippen LogP contribution in [0.4, 0.5) is 5.69 Å². The van der Waals surface area contributed by atoms with Gasteiger partial charge in [0.25, 0.3) is 0 Å². The second-order valence-corrected chi connectivity index (χ2v) is 3.93. The minimum atomic E-state index is 0.175. The van der Waals surface area contributed by atoms with Gasteiger partial charge in [-0.1, -0.05) is 0 Å². The maximum Gasteiger partial charge on any atom is 0.223 e. The van der Waals surface area contributed by atoms with Crippen molar-refractivity contribution < 1.29 is 4.42 Å². The molecule has 5 heteroatoms. The van der Waals surface area contributed by atoms with Gasteiger partial charge < -0.3 is 10.2 Å². The topological polar surface area (TPSA) is 64.9 Å². The van der Waals surface area contributed by atoms with Crippen LogP contribution in [-0.2, 0) is 0 Å². The van der Waals surface area contributed by atoms with Crippen molar-refractivity contribution in [1.82, 2.24) is 9.97 Å². The zero-order chi connectivity index (χ0) is 11.8. The van der Waals surface area contributed by atoms with Crippen LogP contribution in [0.25, 0.3) is 22.4 Å². The average Bonchev–Trinajstić information content (AvgIpc) is 2.80. The van der Waals surface area contributed by atoms with Gasteiger partial charge in [0.15, 0.2) is 5.76 Å². The Hall–Kier alpha value is -2.07. The first-order valence-electron chi connectivity index (χ1n) is 5.01. The van der Waals surface area contributed by atoms with Crippen molar-refractivity contribution >= 4 is 28.2 Å². The Morgan fingerprint density at radius 2 is 2.06 bits per heavy atom. The van der Waals surface area contributed by atoms with Crippen LogP contribution >= 0.6 is 11.6 Å². The Kier molecular flexibility index (Phi) is 2.23. The lowest BCUT2D eigenvalue weighted by atomic mass is 10.1. The molecular weight excluding hydrogens is 238 g/mol. The van der Waals surface area contributed by atoms with Crippen molar-refractivity contribution in [3.63, 3.8) is 0 Å². The molecule has 0 spiro atoms. The van der Waals surface area contributed by atoms with Gasteiger partial charge >= 0.3 is 0 Å². The summed E-state index contributed by atoms with van der Waals surface area (Å²) in [6.45, 7) is 0. The molecule has 3 rings (SSSR count). The highest BCUT2D eigenvalue weighted by atomic mass is 35.5. The summed E-state index contributed by atoms with van der Waals surface area (Å²) in [6.07, 6.45) is 1.59. The van der Waals surface area contributed by atoms with Crippen LogP contribution in [0.2, 0.25) is 5.28 Å². The summed E-state index contributed by atoms with van der Waals surface area (Å²) >= 11 is 5.89. The van der Waals surface area contributed by atoms with Crippen molar-refractivity contribution in [3.05, 3.63) is 41.9 Å². The molecule has 0 aliphatic rings. The van der Waals surface area contributed by atoms with E-state index in [0.29, 0.717) is 22.7 Å². The number of halogens is 1. The van der Waals surface area contributed by atoms with Gasteiger partial charge in [0.2, 0.25) is 5.28 Å². The molecule has 2 aromatic heterocycles. The number of benzene rings is 1. The van der Waals surface area contributed by atoms with Gasteiger partial charge in [0.1, 0.15) is 5.69 Å². The first-order valence-corrected chi connectivity index (χ1v) is 5.38. The molecule has 0 radical (unpaired) electrons. The van der Waals surface area contributed by atoms with Crippen molar-refractivity contribution in [2.24, 2.45) is 0 Å². The van der Waals surface area contributed by atoms with Crippen molar-refractivity contribution in [3.8, 4) is 11.5 Å². The second kappa shape index (κ2) is 3.75. The molecule has 0 atom stereocenters. The lowest BCUT2D eigenvalue weighted by molar-refractivity contribution is 0.580. The van der Waals surface area contributed by atoms with E-state index in [-0.39, 0.29) is 5.28 Å². The highest BCUT2D eigenvalue weighted by molar-refractivity contribution is 6.28. The van der Waals surface area contributed by atoms with Crippen molar-refractivity contribution in [2.75, 3.05) is 5.73 Å². The van der Waals surface area contributed by atoms with Crippen LogP contribution in [0, 0.1) is 0 Å². The third-order valence-corrected chi connectivity index (χ3v) is 2.62. The Labute approximate surface area is 102 Å². The maximum absolute atomic E-state index is 5.89. The fraction of sp³-hybridized carbons (Fsp3) is 0. The van der Waals surface area contributed by atoms with Gasteiger partial charge in [-0.15, -0.1) is 0 Å². The van der Waals surface area contributed by atoms with Crippen LogP contribution in [0.5, 0.6) is 0 Å². The third kappa shape index (κ3) is 1.72. The van der Waals surface area contributed by atoms with Gasteiger partial charge in [-0.25, -0.2) is 9.97 Å². The van der Waals surface area contributed by atoms with Gasteiger partial charge in [-0.2, -0.15) is 0 Å². The molecule has 0 saturated carbocycles. The number of aromatic nitrogens is 2. The number of nitrogen functional groups attached to an aromatic ring is 1. The minimum Gasteiger partial charge on any atom is -0.463 e. The number of rotatable bonds is 1. The summed E-state index contributed by atoms with van der Waals surface area (Å²) in [7, 11) is 0. The van der Waals surface area contributed by atoms with E-state index >= 15 is 0 Å². The van der Waals surface area contributed by atoms with E-state index < -0.39 is 0 Å². The molecule has 0 unspecified atom stereocenters. The molecule has 2 N–H and O–H groups in total. The van der Waals surface area contributed by atoms with Crippen molar-refractivity contribution in [2.45, 2.75) is 0 Å². The van der Waals surface area contributed by atoms with Crippen LogP contribution in [-0.4, -0.2) is 9.97 Å². The zero-order valence-corrected chi connectivity index (χ0v) is 9.48. The molecule has 0 aliphatic heterocycles. The first-order chi connectivity index (χ1) is 8.24. The molecule has 17 heavy (non-hydrogen) atoms. The number of nitrogens with two attached hydrogens (primary N) is 1. The van der Waals surface area contributed by atoms with E-state index in [0.717, 1.165) is 5.39 Å². The zero-order valence-electron chi connectivity index (χ0n) is 8.72. The largest absolute Gasteiger partial charge is 0.463 e. The molecule has 1 aromatic carbocycles. The Morgan fingerprint density at radius 1 is 1.18 bits per heavy atom. The monoisotopic (exact) mass is 245 g/mol. The summed E-state index contributed by atoms with van der Waals surface area (Å²) in [4.78, 5) is 8.33. The van der Waals surface area contributed by atoms with Crippen LogP contribution in [0.1, 0.15) is 0 Å². The lowest BCUT2D eigenvalue weighted by Gasteiger charge is -2.04. The molecule has 0 saturated heterocycles. The summed E-state index contributed by atoms with van der Waals surface area (Å²) in [5, 5.41) is 1.04. The van der Waals surface area contributed by atoms with E-state index in [1.54, 1.807) is 24.5 Å². The van der Waals surface area contributed by atoms with Crippen LogP contribution < -0.4 is 5.73 Å². The standard InChI is InChI=1S/C12H8ClN3O/c13-12-15-9-6-7(14)3-4-8(9)11(16-12)10-2-1-5-17-10/h1-6H,14H2. The summed E-state index contributed by atoms with van der Waals surface area (Å²) in [6, 6.07) is 9.04. The number of hydrogen-bond donors (Lipinski definition) is 1. The van der Waals surface area contributed by atoms with Gasteiger partial charge in [-0.3, -0.25) is 0 Å². The minimum absolute atomic E-state index is 0.175. The third-order valence-electron chi connectivity index (χ3n) is 2.45. The number of hydrogen-bond acceptors (Lipinski definition) is 4. The predicted molar refractivity (Wildman–Crippen MR) is 66.7 cm³/mol. The highest BCUT2D eigenvalue weighted by Crippen LogP contribution is 2.28. The maximum atomic E-state index is 5.89. The smallest absolute Gasteiger partial charge is 0.223 e. The SMILES string of the molecule is Nc1ccc2c(-c3ccco3)nc(Cl)nc2c1. The summed E-state index contributed by atoms with van der Waals surface area (Å²) in [5.74, 6) is 0.657. The van der Waals surface area contributed by atoms with E-state index in [1.807, 2.05) is 12.1 Å².